The van der Waals surface area contributed by atoms with Crippen LogP contribution in [0.2, 0.25) is 0 Å². The standard InChI is InChI=1S/C16H27NO/c1-11(2)8-15(17)10-14-9-13(12(3)4)6-7-16(14)18-5/h6-7,9,11-12,15H,8,10,17H2,1-5H3. The first kappa shape index (κ1) is 15.0. The van der Waals surface area contributed by atoms with E-state index in [1.54, 1.807) is 7.11 Å². The molecule has 0 aliphatic rings. The Bertz CT molecular complexity index is 371. The Morgan fingerprint density at radius 1 is 1.17 bits per heavy atom. The number of methoxy groups -OCH3 is 1. The van der Waals surface area contributed by atoms with Crippen LogP contribution < -0.4 is 10.5 Å². The van der Waals surface area contributed by atoms with Crippen LogP contribution in [-0.2, 0) is 6.42 Å². The average molecular weight is 249 g/mol. The van der Waals surface area contributed by atoms with E-state index >= 15 is 0 Å². The molecule has 0 aliphatic heterocycles. The van der Waals surface area contributed by atoms with Gasteiger partial charge in [0.1, 0.15) is 5.75 Å². The van der Waals surface area contributed by atoms with Gasteiger partial charge in [-0.25, -0.2) is 0 Å². The minimum Gasteiger partial charge on any atom is -0.496 e. The zero-order valence-corrected chi connectivity index (χ0v) is 12.4. The van der Waals surface area contributed by atoms with Crippen molar-refractivity contribution in [1.82, 2.24) is 0 Å². The second-order valence-electron chi connectivity index (χ2n) is 5.82. The fourth-order valence-corrected chi connectivity index (χ4v) is 2.29. The van der Waals surface area contributed by atoms with Crippen LogP contribution in [0.1, 0.15) is 51.2 Å². The van der Waals surface area contributed by atoms with Gasteiger partial charge in [0.2, 0.25) is 0 Å². The fraction of sp³-hybridized carbons (Fsp3) is 0.625. The van der Waals surface area contributed by atoms with Crippen molar-refractivity contribution >= 4 is 0 Å². The minimum absolute atomic E-state index is 0.210. The predicted octanol–water partition coefficient (Wildman–Crippen LogP) is 3.73. The zero-order valence-electron chi connectivity index (χ0n) is 12.4. The van der Waals surface area contributed by atoms with E-state index in [4.69, 9.17) is 10.5 Å². The van der Waals surface area contributed by atoms with E-state index in [9.17, 15) is 0 Å². The van der Waals surface area contributed by atoms with Crippen LogP contribution in [0, 0.1) is 5.92 Å². The lowest BCUT2D eigenvalue weighted by Crippen LogP contribution is -2.25. The number of nitrogens with two attached hydrogens (primary N) is 1. The molecular formula is C16H27NO. The van der Waals surface area contributed by atoms with Gasteiger partial charge in [-0.1, -0.05) is 39.8 Å². The molecule has 1 rings (SSSR count). The van der Waals surface area contributed by atoms with E-state index in [1.165, 1.54) is 11.1 Å². The quantitative estimate of drug-likeness (QED) is 0.833. The highest BCUT2D eigenvalue weighted by Crippen LogP contribution is 2.25. The molecule has 1 atom stereocenters. The lowest BCUT2D eigenvalue weighted by Gasteiger charge is -2.17. The topological polar surface area (TPSA) is 35.2 Å². The molecule has 2 nitrogen and oxygen atoms in total. The zero-order chi connectivity index (χ0) is 13.7. The van der Waals surface area contributed by atoms with E-state index in [0.717, 1.165) is 18.6 Å². The molecule has 102 valence electrons. The molecule has 1 aromatic rings. The summed E-state index contributed by atoms with van der Waals surface area (Å²) in [5, 5.41) is 0. The summed E-state index contributed by atoms with van der Waals surface area (Å²) in [6.45, 7) is 8.84. The van der Waals surface area contributed by atoms with Crippen LogP contribution in [0.5, 0.6) is 5.75 Å². The molecule has 0 saturated carbocycles. The van der Waals surface area contributed by atoms with Gasteiger partial charge in [0, 0.05) is 6.04 Å². The van der Waals surface area contributed by atoms with E-state index in [0.29, 0.717) is 11.8 Å². The fourth-order valence-electron chi connectivity index (χ4n) is 2.29. The van der Waals surface area contributed by atoms with E-state index in [2.05, 4.69) is 45.9 Å². The molecule has 0 bridgehead atoms. The maximum atomic E-state index is 6.20. The minimum atomic E-state index is 0.210. The highest BCUT2D eigenvalue weighted by molar-refractivity contribution is 5.38. The lowest BCUT2D eigenvalue weighted by molar-refractivity contribution is 0.404. The molecule has 0 aliphatic carbocycles. The van der Waals surface area contributed by atoms with Crippen molar-refractivity contribution in [1.29, 1.82) is 0 Å². The summed E-state index contributed by atoms with van der Waals surface area (Å²) in [5.41, 5.74) is 8.78. The molecule has 0 radical (unpaired) electrons. The number of hydrogen-bond acceptors (Lipinski definition) is 2. The van der Waals surface area contributed by atoms with E-state index in [1.807, 2.05) is 0 Å². The molecule has 0 spiro atoms. The number of benzene rings is 1. The monoisotopic (exact) mass is 249 g/mol. The van der Waals surface area contributed by atoms with Crippen molar-refractivity contribution in [3.63, 3.8) is 0 Å². The van der Waals surface area contributed by atoms with Crippen LogP contribution >= 0.6 is 0 Å². The number of hydrogen-bond donors (Lipinski definition) is 1. The largest absolute Gasteiger partial charge is 0.496 e. The van der Waals surface area contributed by atoms with Gasteiger partial charge >= 0.3 is 0 Å². The highest BCUT2D eigenvalue weighted by Gasteiger charge is 2.12. The summed E-state index contributed by atoms with van der Waals surface area (Å²) in [6, 6.07) is 6.65. The van der Waals surface area contributed by atoms with Gasteiger partial charge in [-0.05, 0) is 41.9 Å². The molecule has 0 aromatic heterocycles. The summed E-state index contributed by atoms with van der Waals surface area (Å²) < 4.78 is 5.43. The molecule has 0 amide bonds. The maximum absolute atomic E-state index is 6.20. The molecule has 2 heteroatoms. The third kappa shape index (κ3) is 4.34. The normalized spacial score (nSPS) is 13.1. The number of ether oxygens (including phenoxy) is 1. The van der Waals surface area contributed by atoms with Gasteiger partial charge < -0.3 is 10.5 Å². The first-order chi connectivity index (χ1) is 8.43. The second-order valence-corrected chi connectivity index (χ2v) is 5.82. The van der Waals surface area contributed by atoms with Crippen molar-refractivity contribution in [3.8, 4) is 5.75 Å². The van der Waals surface area contributed by atoms with Gasteiger partial charge in [-0.15, -0.1) is 0 Å². The van der Waals surface area contributed by atoms with Crippen molar-refractivity contribution in [2.45, 2.75) is 52.5 Å². The van der Waals surface area contributed by atoms with E-state index in [-0.39, 0.29) is 6.04 Å². The average Bonchev–Trinajstić information content (AvgIpc) is 2.27. The van der Waals surface area contributed by atoms with Gasteiger partial charge in [0.15, 0.2) is 0 Å². The van der Waals surface area contributed by atoms with Crippen molar-refractivity contribution in [3.05, 3.63) is 29.3 Å². The first-order valence-corrected chi connectivity index (χ1v) is 6.86. The van der Waals surface area contributed by atoms with Crippen LogP contribution in [0.25, 0.3) is 0 Å². The molecule has 1 aromatic carbocycles. The van der Waals surface area contributed by atoms with Crippen LogP contribution in [-0.4, -0.2) is 13.2 Å². The molecule has 1 unspecified atom stereocenters. The SMILES string of the molecule is COc1ccc(C(C)C)cc1CC(N)CC(C)C. The van der Waals surface area contributed by atoms with E-state index < -0.39 is 0 Å². The summed E-state index contributed by atoms with van der Waals surface area (Å²) in [6.07, 6.45) is 1.94. The van der Waals surface area contributed by atoms with Crippen LogP contribution in [0.15, 0.2) is 18.2 Å². The third-order valence-corrected chi connectivity index (χ3v) is 3.23. The molecule has 0 heterocycles. The lowest BCUT2D eigenvalue weighted by atomic mass is 9.94. The molecule has 0 fully saturated rings. The van der Waals surface area contributed by atoms with Gasteiger partial charge in [-0.3, -0.25) is 0 Å². The molecule has 2 N–H and O–H groups in total. The molecule has 18 heavy (non-hydrogen) atoms. The maximum Gasteiger partial charge on any atom is 0.122 e. The summed E-state index contributed by atoms with van der Waals surface area (Å²) in [5.74, 6) is 2.13. The Balaban J connectivity index is 2.87. The third-order valence-electron chi connectivity index (χ3n) is 3.23. The molecular weight excluding hydrogens is 222 g/mol. The molecule has 0 saturated heterocycles. The Hall–Kier alpha value is -1.02. The van der Waals surface area contributed by atoms with Gasteiger partial charge in [-0.2, -0.15) is 0 Å². The highest BCUT2D eigenvalue weighted by atomic mass is 16.5. The Kier molecular flexibility index (Phi) is 5.67. The van der Waals surface area contributed by atoms with Gasteiger partial charge in [0.25, 0.3) is 0 Å². The van der Waals surface area contributed by atoms with Crippen molar-refractivity contribution in [2.24, 2.45) is 11.7 Å². The van der Waals surface area contributed by atoms with Crippen LogP contribution in [0.3, 0.4) is 0 Å². The van der Waals surface area contributed by atoms with Crippen molar-refractivity contribution in [2.75, 3.05) is 7.11 Å². The smallest absolute Gasteiger partial charge is 0.122 e. The summed E-state index contributed by atoms with van der Waals surface area (Å²) in [4.78, 5) is 0. The Morgan fingerprint density at radius 3 is 2.33 bits per heavy atom. The van der Waals surface area contributed by atoms with Gasteiger partial charge in [0.05, 0.1) is 7.11 Å². The number of rotatable bonds is 6. The Labute approximate surface area is 112 Å². The second kappa shape index (κ2) is 6.79. The Morgan fingerprint density at radius 2 is 1.83 bits per heavy atom. The van der Waals surface area contributed by atoms with Crippen LogP contribution in [0.4, 0.5) is 0 Å². The first-order valence-electron chi connectivity index (χ1n) is 6.86. The predicted molar refractivity (Wildman–Crippen MR) is 78.2 cm³/mol. The summed E-state index contributed by atoms with van der Waals surface area (Å²) in [7, 11) is 1.72. The van der Waals surface area contributed by atoms with Crippen molar-refractivity contribution < 1.29 is 4.74 Å². The summed E-state index contributed by atoms with van der Waals surface area (Å²) >= 11 is 0.